The summed E-state index contributed by atoms with van der Waals surface area (Å²) in [4.78, 5) is 21.1. The summed E-state index contributed by atoms with van der Waals surface area (Å²) in [6, 6.07) is 0. The summed E-state index contributed by atoms with van der Waals surface area (Å²) in [5.74, 6) is -0.911. The summed E-state index contributed by atoms with van der Waals surface area (Å²) in [6.07, 6.45) is -0.805. The van der Waals surface area contributed by atoms with Gasteiger partial charge in [0, 0.05) is 13.8 Å². The Morgan fingerprint density at radius 3 is 2.50 bits per heavy atom. The van der Waals surface area contributed by atoms with Crippen LogP contribution < -0.4 is 0 Å². The van der Waals surface area contributed by atoms with Crippen LogP contribution in [0, 0.1) is 0 Å². The third-order valence-electron chi connectivity index (χ3n) is 1.12. The number of carbonyl (C=O) groups excluding carboxylic acids is 2. The van der Waals surface area contributed by atoms with Crippen LogP contribution in [0.1, 0.15) is 13.8 Å². The average molecular weight is 218 g/mol. The van der Waals surface area contributed by atoms with Crippen molar-refractivity contribution in [3.63, 3.8) is 0 Å². The van der Waals surface area contributed by atoms with Crippen LogP contribution in [-0.4, -0.2) is 34.6 Å². The van der Waals surface area contributed by atoms with Crippen molar-refractivity contribution in [2.75, 3.05) is 6.61 Å². The van der Waals surface area contributed by atoms with Crippen molar-refractivity contribution in [1.82, 2.24) is 0 Å². The summed E-state index contributed by atoms with van der Waals surface area (Å²) in [7, 11) is -0.918. The lowest BCUT2D eigenvalue weighted by Gasteiger charge is -2.16. The average Bonchev–Trinajstić information content (AvgIpc) is 2.09. The second-order valence-corrected chi connectivity index (χ2v) is 3.71. The van der Waals surface area contributed by atoms with Gasteiger partial charge in [0.25, 0.3) is 0 Å². The molecule has 5 nitrogen and oxygen atoms in total. The maximum Gasteiger partial charge on any atom is 0.305 e. The first-order valence-corrected chi connectivity index (χ1v) is 5.48. The second kappa shape index (κ2) is 7.28. The summed E-state index contributed by atoms with van der Waals surface area (Å²) in [5, 5.41) is 0. The first-order chi connectivity index (χ1) is 6.56. The minimum atomic E-state index is -0.918. The smallest absolute Gasteiger partial charge is 0.305 e. The molecule has 0 rings (SSSR count). The van der Waals surface area contributed by atoms with Gasteiger partial charge in [0.05, 0.1) is 0 Å². The molecule has 0 aliphatic heterocycles. The Hall–Kier alpha value is -1.14. The monoisotopic (exact) mass is 218 g/mol. The van der Waals surface area contributed by atoms with Gasteiger partial charge in [0.2, 0.25) is 6.29 Å². The molecule has 0 heterocycles. The van der Waals surface area contributed by atoms with Gasteiger partial charge in [0.1, 0.15) is 0 Å². The molecule has 0 saturated carbocycles. The Bertz CT molecular complexity index is 216. The minimum Gasteiger partial charge on any atom is -0.459 e. The van der Waals surface area contributed by atoms with Crippen molar-refractivity contribution in [3.05, 3.63) is 12.3 Å². The number of carbonyl (C=O) groups is 2. The van der Waals surface area contributed by atoms with Crippen molar-refractivity contribution < 1.29 is 23.5 Å². The zero-order chi connectivity index (χ0) is 11.0. The first kappa shape index (κ1) is 12.9. The van der Waals surface area contributed by atoms with E-state index in [0.29, 0.717) is 0 Å². The Kier molecular flexibility index (Phi) is 6.68. The number of hydrogen-bond donors (Lipinski definition) is 0. The Morgan fingerprint density at radius 1 is 1.43 bits per heavy atom. The maximum absolute atomic E-state index is 10.6. The van der Waals surface area contributed by atoms with Gasteiger partial charge < -0.3 is 13.9 Å². The molecule has 6 heteroatoms. The third-order valence-corrected chi connectivity index (χ3v) is 1.92. The molecule has 0 amide bonds. The summed E-state index contributed by atoms with van der Waals surface area (Å²) >= 11 is 0. The standard InChI is InChI=1S/C8H14O5Si/c1-4-14-13-8(12-7(3)10)5-11-6(2)9/h4,8H,1,5,14H2,2-3H3. The topological polar surface area (TPSA) is 61.8 Å². The fraction of sp³-hybridized carbons (Fsp3) is 0.500. The number of rotatable bonds is 6. The predicted octanol–water partition coefficient (Wildman–Crippen LogP) is -0.317. The van der Waals surface area contributed by atoms with Gasteiger partial charge in [0.15, 0.2) is 16.4 Å². The van der Waals surface area contributed by atoms with Crippen LogP contribution >= 0.6 is 0 Å². The molecule has 0 fully saturated rings. The number of hydrogen-bond acceptors (Lipinski definition) is 5. The van der Waals surface area contributed by atoms with Crippen LogP contribution in [0.2, 0.25) is 0 Å². The highest BCUT2D eigenvalue weighted by Gasteiger charge is 2.12. The van der Waals surface area contributed by atoms with Crippen LogP contribution in [0.5, 0.6) is 0 Å². The fourth-order valence-corrected chi connectivity index (χ4v) is 1.18. The van der Waals surface area contributed by atoms with Gasteiger partial charge in [-0.05, 0) is 0 Å². The first-order valence-electron chi connectivity index (χ1n) is 4.09. The molecule has 80 valence electrons. The summed E-state index contributed by atoms with van der Waals surface area (Å²) in [5.41, 5.74) is 1.64. The Balaban J connectivity index is 3.89. The van der Waals surface area contributed by atoms with E-state index in [1.165, 1.54) is 13.8 Å². The molecule has 0 N–H and O–H groups in total. The Morgan fingerprint density at radius 2 is 2.07 bits per heavy atom. The summed E-state index contributed by atoms with van der Waals surface area (Å²) in [6.45, 7) is 5.96. The lowest BCUT2D eigenvalue weighted by molar-refractivity contribution is -0.174. The van der Waals surface area contributed by atoms with Crippen LogP contribution in [-0.2, 0) is 23.5 Å². The van der Waals surface area contributed by atoms with Crippen molar-refractivity contribution in [2.24, 2.45) is 0 Å². The molecular formula is C8H14O5Si. The van der Waals surface area contributed by atoms with Crippen molar-refractivity contribution in [3.8, 4) is 0 Å². The lowest BCUT2D eigenvalue weighted by atomic mass is 10.6. The summed E-state index contributed by atoms with van der Waals surface area (Å²) < 4.78 is 14.6. The zero-order valence-electron chi connectivity index (χ0n) is 8.32. The third kappa shape index (κ3) is 7.50. The molecule has 0 aromatic carbocycles. The van der Waals surface area contributed by atoms with E-state index in [2.05, 4.69) is 11.3 Å². The van der Waals surface area contributed by atoms with E-state index in [-0.39, 0.29) is 6.61 Å². The number of esters is 2. The molecule has 1 unspecified atom stereocenters. The van der Waals surface area contributed by atoms with Gasteiger partial charge in [-0.1, -0.05) is 5.70 Å². The number of ether oxygens (including phenoxy) is 2. The molecule has 0 spiro atoms. The van der Waals surface area contributed by atoms with Gasteiger partial charge in [-0.3, -0.25) is 9.59 Å². The van der Waals surface area contributed by atoms with E-state index in [1.54, 1.807) is 5.70 Å². The van der Waals surface area contributed by atoms with E-state index in [9.17, 15) is 9.59 Å². The van der Waals surface area contributed by atoms with Gasteiger partial charge in [-0.15, -0.1) is 6.58 Å². The zero-order valence-corrected chi connectivity index (χ0v) is 9.73. The van der Waals surface area contributed by atoms with E-state index in [0.717, 1.165) is 0 Å². The van der Waals surface area contributed by atoms with Crippen LogP contribution in [0.25, 0.3) is 0 Å². The van der Waals surface area contributed by atoms with E-state index in [4.69, 9.17) is 9.16 Å². The van der Waals surface area contributed by atoms with E-state index >= 15 is 0 Å². The van der Waals surface area contributed by atoms with E-state index < -0.39 is 28.0 Å². The highest BCUT2D eigenvalue weighted by Crippen LogP contribution is 1.96. The van der Waals surface area contributed by atoms with Crippen molar-refractivity contribution in [2.45, 2.75) is 20.1 Å². The normalized spacial score (nSPS) is 12.4. The molecule has 0 saturated heterocycles. The van der Waals surface area contributed by atoms with Crippen molar-refractivity contribution in [1.29, 1.82) is 0 Å². The van der Waals surface area contributed by atoms with Crippen molar-refractivity contribution >= 4 is 21.7 Å². The fourth-order valence-electron chi connectivity index (χ4n) is 0.662. The molecule has 0 aliphatic carbocycles. The van der Waals surface area contributed by atoms with Crippen LogP contribution in [0.4, 0.5) is 0 Å². The van der Waals surface area contributed by atoms with Crippen LogP contribution in [0.3, 0.4) is 0 Å². The van der Waals surface area contributed by atoms with Gasteiger partial charge >= 0.3 is 11.9 Å². The molecule has 0 bridgehead atoms. The van der Waals surface area contributed by atoms with Crippen LogP contribution in [0.15, 0.2) is 12.3 Å². The molecular weight excluding hydrogens is 204 g/mol. The maximum atomic E-state index is 10.6. The predicted molar refractivity (Wildman–Crippen MR) is 52.0 cm³/mol. The SMILES string of the molecule is C=C[SiH2]OC(COC(C)=O)OC(C)=O. The van der Waals surface area contributed by atoms with E-state index in [1.807, 2.05) is 0 Å². The molecule has 0 aromatic heterocycles. The lowest BCUT2D eigenvalue weighted by Crippen LogP contribution is -2.27. The molecule has 14 heavy (non-hydrogen) atoms. The molecule has 0 aliphatic rings. The minimum absolute atomic E-state index is 0.0737. The molecule has 1 atom stereocenters. The van der Waals surface area contributed by atoms with Gasteiger partial charge in [-0.2, -0.15) is 0 Å². The molecule has 0 radical (unpaired) electrons. The quantitative estimate of drug-likeness (QED) is 0.347. The highest BCUT2D eigenvalue weighted by molar-refractivity contribution is 6.34. The largest absolute Gasteiger partial charge is 0.459 e. The second-order valence-electron chi connectivity index (χ2n) is 2.46. The Labute approximate surface area is 85.0 Å². The van der Waals surface area contributed by atoms with Gasteiger partial charge in [-0.25, -0.2) is 0 Å². The highest BCUT2D eigenvalue weighted by atomic mass is 28.2. The molecule has 0 aromatic rings.